The van der Waals surface area contributed by atoms with Crippen LogP contribution in [0.1, 0.15) is 17.3 Å². The van der Waals surface area contributed by atoms with Gasteiger partial charge in [-0.25, -0.2) is 8.78 Å². The molecule has 0 atom stereocenters. The first-order valence-electron chi connectivity index (χ1n) is 5.06. The number of likely N-dealkylation sites (N-methyl/N-ethyl adjacent to an activating group) is 1. The zero-order valence-electron chi connectivity index (χ0n) is 9.21. The van der Waals surface area contributed by atoms with E-state index in [0.29, 0.717) is 6.54 Å². The van der Waals surface area contributed by atoms with E-state index < -0.39 is 17.5 Å². The topological polar surface area (TPSA) is 40.5 Å². The van der Waals surface area contributed by atoms with Crippen molar-refractivity contribution in [1.29, 1.82) is 0 Å². The summed E-state index contributed by atoms with van der Waals surface area (Å²) in [7, 11) is 0. The number of rotatable bonds is 4. The van der Waals surface area contributed by atoms with Crippen LogP contribution in [0, 0.1) is 11.6 Å². The van der Waals surface area contributed by atoms with Gasteiger partial charge in [0.15, 0.2) is 0 Å². The molecule has 0 unspecified atom stereocenters. The third kappa shape index (κ3) is 3.14. The van der Waals surface area contributed by atoms with Gasteiger partial charge >= 0.3 is 0 Å². The van der Waals surface area contributed by atoms with E-state index in [1.165, 1.54) is 4.90 Å². The largest absolute Gasteiger partial charge is 0.395 e. The van der Waals surface area contributed by atoms with Crippen molar-refractivity contribution in [2.75, 3.05) is 19.7 Å². The average molecular weight is 264 g/mol. The minimum atomic E-state index is -0.877. The van der Waals surface area contributed by atoms with Crippen molar-refractivity contribution >= 4 is 17.5 Å². The van der Waals surface area contributed by atoms with Gasteiger partial charge in [-0.3, -0.25) is 4.79 Å². The summed E-state index contributed by atoms with van der Waals surface area (Å²) in [6.07, 6.45) is 0. The summed E-state index contributed by atoms with van der Waals surface area (Å²) in [5.41, 5.74) is -0.387. The third-order valence-corrected chi connectivity index (χ3v) is 2.57. The maximum absolute atomic E-state index is 13.5. The van der Waals surface area contributed by atoms with Gasteiger partial charge in [0, 0.05) is 13.1 Å². The molecule has 17 heavy (non-hydrogen) atoms. The number of aliphatic hydroxyl groups is 1. The van der Waals surface area contributed by atoms with Gasteiger partial charge in [0.2, 0.25) is 0 Å². The Labute approximate surface area is 103 Å². The Morgan fingerprint density at radius 2 is 2.06 bits per heavy atom. The number of aliphatic hydroxyl groups excluding tert-OH is 1. The predicted octanol–water partition coefficient (Wildman–Crippen LogP) is 2.07. The van der Waals surface area contributed by atoms with E-state index in [9.17, 15) is 13.6 Å². The van der Waals surface area contributed by atoms with Crippen LogP contribution in [0.15, 0.2) is 12.1 Å². The van der Waals surface area contributed by atoms with Gasteiger partial charge in [-0.15, -0.1) is 0 Å². The van der Waals surface area contributed by atoms with E-state index in [1.54, 1.807) is 6.92 Å². The minimum Gasteiger partial charge on any atom is -0.395 e. The van der Waals surface area contributed by atoms with E-state index in [0.717, 1.165) is 12.1 Å². The quantitative estimate of drug-likeness (QED) is 0.845. The van der Waals surface area contributed by atoms with Gasteiger partial charge in [-0.2, -0.15) is 0 Å². The molecule has 0 aliphatic rings. The van der Waals surface area contributed by atoms with Gasteiger partial charge in [-0.05, 0) is 19.1 Å². The molecular formula is C11H12ClF2NO2. The molecule has 0 aliphatic heterocycles. The third-order valence-electron chi connectivity index (χ3n) is 2.28. The molecule has 0 saturated heterocycles. The molecule has 1 N–H and O–H groups in total. The molecule has 0 fully saturated rings. The van der Waals surface area contributed by atoms with Crippen LogP contribution in [0.2, 0.25) is 5.02 Å². The smallest absolute Gasteiger partial charge is 0.257 e. The van der Waals surface area contributed by atoms with E-state index in [4.69, 9.17) is 16.7 Å². The Bertz CT molecular complexity index is 426. The summed E-state index contributed by atoms with van der Waals surface area (Å²) in [4.78, 5) is 13.0. The number of halogens is 3. The van der Waals surface area contributed by atoms with Crippen LogP contribution in [0.5, 0.6) is 0 Å². The van der Waals surface area contributed by atoms with Crippen LogP contribution in [0.4, 0.5) is 8.78 Å². The summed E-state index contributed by atoms with van der Waals surface area (Å²) in [6, 6.07) is 1.52. The molecule has 0 aromatic heterocycles. The van der Waals surface area contributed by atoms with Crippen molar-refractivity contribution in [2.24, 2.45) is 0 Å². The zero-order chi connectivity index (χ0) is 13.0. The van der Waals surface area contributed by atoms with Gasteiger partial charge in [0.1, 0.15) is 11.6 Å². The van der Waals surface area contributed by atoms with E-state index in [2.05, 4.69) is 0 Å². The Morgan fingerprint density at radius 1 is 1.41 bits per heavy atom. The minimum absolute atomic E-state index is 0.0685. The van der Waals surface area contributed by atoms with Crippen molar-refractivity contribution in [3.8, 4) is 0 Å². The monoisotopic (exact) mass is 263 g/mol. The fourth-order valence-electron chi connectivity index (χ4n) is 1.38. The second kappa shape index (κ2) is 5.93. The molecule has 6 heteroatoms. The van der Waals surface area contributed by atoms with Gasteiger partial charge in [0.25, 0.3) is 5.91 Å². The van der Waals surface area contributed by atoms with Crippen molar-refractivity contribution in [1.82, 2.24) is 4.90 Å². The molecule has 94 valence electrons. The highest BCUT2D eigenvalue weighted by Crippen LogP contribution is 2.20. The maximum Gasteiger partial charge on any atom is 0.257 e. The summed E-state index contributed by atoms with van der Waals surface area (Å²) in [5.74, 6) is -2.40. The number of amides is 1. The van der Waals surface area contributed by atoms with Crippen LogP contribution >= 0.6 is 11.6 Å². The second-order valence-electron chi connectivity index (χ2n) is 3.35. The lowest BCUT2D eigenvalue weighted by molar-refractivity contribution is 0.0726. The van der Waals surface area contributed by atoms with Crippen molar-refractivity contribution in [2.45, 2.75) is 6.92 Å². The lowest BCUT2D eigenvalue weighted by Crippen LogP contribution is -2.34. The molecule has 1 aromatic carbocycles. The first-order chi connectivity index (χ1) is 8.01. The highest BCUT2D eigenvalue weighted by Gasteiger charge is 2.19. The van der Waals surface area contributed by atoms with Gasteiger partial charge in [0.05, 0.1) is 17.2 Å². The highest BCUT2D eigenvalue weighted by atomic mass is 35.5. The average Bonchev–Trinajstić information content (AvgIpc) is 2.30. The van der Waals surface area contributed by atoms with Crippen LogP contribution in [0.3, 0.4) is 0 Å². The van der Waals surface area contributed by atoms with Crippen LogP contribution < -0.4 is 0 Å². The summed E-state index contributed by atoms with van der Waals surface area (Å²) >= 11 is 5.39. The number of carbonyl (C=O) groups excluding carboxylic acids is 1. The fraction of sp³-hybridized carbons (Fsp3) is 0.364. The molecule has 3 nitrogen and oxygen atoms in total. The SMILES string of the molecule is CCN(CCO)C(=O)c1cc(F)c(Cl)cc1F. The van der Waals surface area contributed by atoms with Crippen LogP contribution in [0.25, 0.3) is 0 Å². The molecule has 0 radical (unpaired) electrons. The number of carbonyl (C=O) groups is 1. The lowest BCUT2D eigenvalue weighted by atomic mass is 10.1. The standard InChI is InChI=1S/C11H12ClF2NO2/c1-2-15(3-4-16)11(17)7-5-10(14)8(12)6-9(7)13/h5-6,16H,2-4H2,1H3. The fourth-order valence-corrected chi connectivity index (χ4v) is 1.53. The molecular weight excluding hydrogens is 252 g/mol. The molecule has 0 aliphatic carbocycles. The highest BCUT2D eigenvalue weighted by molar-refractivity contribution is 6.30. The lowest BCUT2D eigenvalue weighted by Gasteiger charge is -2.20. The molecule has 1 amide bonds. The first kappa shape index (κ1) is 13.9. The maximum atomic E-state index is 13.5. The number of hydrogen-bond donors (Lipinski definition) is 1. The van der Waals surface area contributed by atoms with E-state index in [1.807, 2.05) is 0 Å². The molecule has 0 spiro atoms. The Balaban J connectivity index is 3.07. The van der Waals surface area contributed by atoms with E-state index in [-0.39, 0.29) is 23.7 Å². The Morgan fingerprint density at radius 3 is 2.59 bits per heavy atom. The van der Waals surface area contributed by atoms with Crippen molar-refractivity contribution in [3.05, 3.63) is 34.4 Å². The molecule has 0 heterocycles. The van der Waals surface area contributed by atoms with Gasteiger partial charge < -0.3 is 10.0 Å². The summed E-state index contributed by atoms with van der Waals surface area (Å²) < 4.78 is 26.6. The first-order valence-corrected chi connectivity index (χ1v) is 5.43. The second-order valence-corrected chi connectivity index (χ2v) is 3.76. The van der Waals surface area contributed by atoms with E-state index >= 15 is 0 Å². The van der Waals surface area contributed by atoms with Crippen LogP contribution in [-0.4, -0.2) is 35.6 Å². The summed E-state index contributed by atoms with van der Waals surface area (Å²) in [5, 5.41) is 8.38. The number of nitrogens with zero attached hydrogens (tertiary/aromatic N) is 1. The van der Waals surface area contributed by atoms with Crippen molar-refractivity contribution < 1.29 is 18.7 Å². The molecule has 0 bridgehead atoms. The van der Waals surface area contributed by atoms with Crippen LogP contribution in [-0.2, 0) is 0 Å². The molecule has 1 rings (SSSR count). The zero-order valence-corrected chi connectivity index (χ0v) is 9.97. The predicted molar refractivity (Wildman–Crippen MR) is 60.0 cm³/mol. The molecule has 1 aromatic rings. The number of benzene rings is 1. The number of hydrogen-bond acceptors (Lipinski definition) is 2. The summed E-state index contributed by atoms with van der Waals surface area (Å²) in [6.45, 7) is 1.80. The molecule has 0 saturated carbocycles. The normalized spacial score (nSPS) is 10.4. The Kier molecular flexibility index (Phi) is 4.84. The Hall–Kier alpha value is -1.20. The van der Waals surface area contributed by atoms with Gasteiger partial charge in [-0.1, -0.05) is 11.6 Å². The van der Waals surface area contributed by atoms with Crippen molar-refractivity contribution in [3.63, 3.8) is 0 Å².